The maximum atomic E-state index is 13.4. The molecular formula is C14H13F2N3O. The van der Waals surface area contributed by atoms with Crippen molar-refractivity contribution in [3.05, 3.63) is 59.9 Å². The van der Waals surface area contributed by atoms with Crippen LogP contribution in [0.1, 0.15) is 18.7 Å². The van der Waals surface area contributed by atoms with Crippen LogP contribution in [0, 0.1) is 11.6 Å². The van der Waals surface area contributed by atoms with Crippen LogP contribution in [0.15, 0.2) is 42.6 Å². The van der Waals surface area contributed by atoms with Crippen molar-refractivity contribution in [1.29, 1.82) is 0 Å². The molecule has 0 fully saturated rings. The highest BCUT2D eigenvalue weighted by Gasteiger charge is 2.12. The van der Waals surface area contributed by atoms with Crippen LogP contribution in [-0.2, 0) is 0 Å². The molecule has 0 aliphatic heterocycles. The lowest BCUT2D eigenvalue weighted by Crippen LogP contribution is -2.31. The van der Waals surface area contributed by atoms with Crippen molar-refractivity contribution in [2.75, 3.05) is 5.32 Å². The minimum Gasteiger partial charge on any atom is -0.330 e. The third kappa shape index (κ3) is 3.50. The Hall–Kier alpha value is -2.50. The average molecular weight is 277 g/mol. The predicted octanol–water partition coefficient (Wildman–Crippen LogP) is 3.24. The molecule has 2 amide bonds. The number of benzene rings is 1. The molecule has 1 heterocycles. The largest absolute Gasteiger partial charge is 0.330 e. The van der Waals surface area contributed by atoms with Crippen molar-refractivity contribution in [2.45, 2.75) is 13.0 Å². The van der Waals surface area contributed by atoms with Crippen molar-refractivity contribution in [1.82, 2.24) is 10.3 Å². The first-order chi connectivity index (χ1) is 9.56. The van der Waals surface area contributed by atoms with Gasteiger partial charge >= 0.3 is 6.03 Å². The van der Waals surface area contributed by atoms with Crippen LogP contribution in [0.2, 0.25) is 0 Å². The van der Waals surface area contributed by atoms with Crippen LogP contribution in [0.3, 0.4) is 0 Å². The molecule has 1 atom stereocenters. The second kappa shape index (κ2) is 6.10. The smallest absolute Gasteiger partial charge is 0.319 e. The van der Waals surface area contributed by atoms with Crippen molar-refractivity contribution in [2.24, 2.45) is 0 Å². The first kappa shape index (κ1) is 13.9. The molecule has 0 radical (unpaired) electrons. The molecule has 104 valence electrons. The van der Waals surface area contributed by atoms with Crippen molar-refractivity contribution in [3.63, 3.8) is 0 Å². The van der Waals surface area contributed by atoms with Gasteiger partial charge in [0.15, 0.2) is 0 Å². The van der Waals surface area contributed by atoms with Gasteiger partial charge in [0.05, 0.1) is 17.4 Å². The van der Waals surface area contributed by atoms with Gasteiger partial charge in [0.2, 0.25) is 0 Å². The SMILES string of the molecule is CC(NC(=O)Nc1ccc(F)cc1F)c1ccccn1. The minimum atomic E-state index is -0.828. The molecule has 2 N–H and O–H groups in total. The Bertz CT molecular complexity index is 605. The maximum Gasteiger partial charge on any atom is 0.319 e. The van der Waals surface area contributed by atoms with Gasteiger partial charge in [-0.2, -0.15) is 0 Å². The van der Waals surface area contributed by atoms with E-state index < -0.39 is 17.7 Å². The van der Waals surface area contributed by atoms with E-state index in [1.54, 1.807) is 31.3 Å². The van der Waals surface area contributed by atoms with Gasteiger partial charge in [-0.25, -0.2) is 13.6 Å². The van der Waals surface area contributed by atoms with Crippen LogP contribution in [0.4, 0.5) is 19.3 Å². The first-order valence-electron chi connectivity index (χ1n) is 6.00. The van der Waals surface area contributed by atoms with Gasteiger partial charge in [-0.05, 0) is 31.2 Å². The summed E-state index contributed by atoms with van der Waals surface area (Å²) < 4.78 is 26.1. The van der Waals surface area contributed by atoms with Crippen LogP contribution in [-0.4, -0.2) is 11.0 Å². The Balaban J connectivity index is 1.99. The predicted molar refractivity (Wildman–Crippen MR) is 71.2 cm³/mol. The molecule has 1 aromatic carbocycles. The fourth-order valence-corrected chi connectivity index (χ4v) is 1.65. The van der Waals surface area contributed by atoms with E-state index in [9.17, 15) is 13.6 Å². The molecule has 20 heavy (non-hydrogen) atoms. The van der Waals surface area contributed by atoms with Gasteiger partial charge in [0.25, 0.3) is 0 Å². The molecule has 2 aromatic rings. The summed E-state index contributed by atoms with van der Waals surface area (Å²) in [7, 11) is 0. The van der Waals surface area contributed by atoms with Crippen LogP contribution >= 0.6 is 0 Å². The molecule has 0 spiro atoms. The molecule has 0 bridgehead atoms. The molecule has 1 unspecified atom stereocenters. The van der Waals surface area contributed by atoms with Crippen molar-refractivity contribution in [3.8, 4) is 0 Å². The Morgan fingerprint density at radius 2 is 2.05 bits per heavy atom. The van der Waals surface area contributed by atoms with E-state index in [1.165, 1.54) is 0 Å². The second-order valence-electron chi connectivity index (χ2n) is 4.20. The first-order valence-corrected chi connectivity index (χ1v) is 6.00. The number of rotatable bonds is 3. The monoisotopic (exact) mass is 277 g/mol. The lowest BCUT2D eigenvalue weighted by molar-refractivity contribution is 0.249. The summed E-state index contributed by atoms with van der Waals surface area (Å²) in [6, 6.07) is 7.35. The van der Waals surface area contributed by atoms with Crippen LogP contribution < -0.4 is 10.6 Å². The van der Waals surface area contributed by atoms with E-state index in [0.717, 1.165) is 12.1 Å². The number of nitrogens with zero attached hydrogens (tertiary/aromatic N) is 1. The maximum absolute atomic E-state index is 13.4. The van der Waals surface area contributed by atoms with Gasteiger partial charge in [0.1, 0.15) is 11.6 Å². The van der Waals surface area contributed by atoms with E-state index in [2.05, 4.69) is 15.6 Å². The zero-order valence-electron chi connectivity index (χ0n) is 10.7. The summed E-state index contributed by atoms with van der Waals surface area (Å²) >= 11 is 0. The molecule has 1 aromatic heterocycles. The average Bonchev–Trinajstić information content (AvgIpc) is 2.43. The zero-order valence-corrected chi connectivity index (χ0v) is 10.7. The third-order valence-electron chi connectivity index (χ3n) is 2.66. The number of pyridine rings is 1. The van der Waals surface area contributed by atoms with Gasteiger partial charge in [0, 0.05) is 12.3 Å². The highest BCUT2D eigenvalue weighted by molar-refractivity contribution is 5.89. The molecular weight excluding hydrogens is 264 g/mol. The van der Waals surface area contributed by atoms with Gasteiger partial charge in [-0.1, -0.05) is 6.07 Å². The summed E-state index contributed by atoms with van der Waals surface area (Å²) in [4.78, 5) is 15.8. The number of aromatic nitrogens is 1. The van der Waals surface area contributed by atoms with Gasteiger partial charge < -0.3 is 10.6 Å². The van der Waals surface area contributed by atoms with Crippen molar-refractivity contribution >= 4 is 11.7 Å². The Morgan fingerprint density at radius 1 is 1.25 bits per heavy atom. The number of carbonyl (C=O) groups excluding carboxylic acids is 1. The summed E-state index contributed by atoms with van der Waals surface area (Å²) in [5.41, 5.74) is 0.597. The standard InChI is InChI=1S/C14H13F2N3O/c1-9(12-4-2-3-7-17-12)18-14(20)19-13-6-5-10(15)8-11(13)16/h2-9H,1H3,(H2,18,19,20). The number of hydrogen-bond acceptors (Lipinski definition) is 2. The summed E-state index contributed by atoms with van der Waals surface area (Å²) in [5, 5.41) is 4.93. The van der Waals surface area contributed by atoms with Crippen LogP contribution in [0.5, 0.6) is 0 Å². The Labute approximate surface area is 114 Å². The number of anilines is 1. The highest BCUT2D eigenvalue weighted by atomic mass is 19.1. The summed E-state index contributed by atoms with van der Waals surface area (Å²) in [6.45, 7) is 1.75. The number of amides is 2. The Kier molecular flexibility index (Phi) is 4.24. The normalized spacial score (nSPS) is 11.8. The number of hydrogen-bond donors (Lipinski definition) is 2. The summed E-state index contributed by atoms with van der Waals surface area (Å²) in [5.74, 6) is -1.53. The van der Waals surface area contributed by atoms with Gasteiger partial charge in [-0.15, -0.1) is 0 Å². The molecule has 0 saturated carbocycles. The zero-order chi connectivity index (χ0) is 14.5. The lowest BCUT2D eigenvalue weighted by atomic mass is 10.2. The third-order valence-corrected chi connectivity index (χ3v) is 2.66. The molecule has 6 heteroatoms. The topological polar surface area (TPSA) is 54.0 Å². The fourth-order valence-electron chi connectivity index (χ4n) is 1.65. The van der Waals surface area contributed by atoms with E-state index in [1.807, 2.05) is 0 Å². The molecule has 4 nitrogen and oxygen atoms in total. The molecule has 0 aliphatic rings. The van der Waals surface area contributed by atoms with E-state index in [4.69, 9.17) is 0 Å². The Morgan fingerprint density at radius 3 is 2.70 bits per heavy atom. The second-order valence-corrected chi connectivity index (χ2v) is 4.20. The lowest BCUT2D eigenvalue weighted by Gasteiger charge is -2.14. The molecule has 0 saturated heterocycles. The van der Waals surface area contributed by atoms with Crippen LogP contribution in [0.25, 0.3) is 0 Å². The van der Waals surface area contributed by atoms with E-state index >= 15 is 0 Å². The highest BCUT2D eigenvalue weighted by Crippen LogP contribution is 2.15. The van der Waals surface area contributed by atoms with Crippen molar-refractivity contribution < 1.29 is 13.6 Å². The molecule has 0 aliphatic carbocycles. The van der Waals surface area contributed by atoms with E-state index in [0.29, 0.717) is 11.8 Å². The quantitative estimate of drug-likeness (QED) is 0.904. The number of urea groups is 1. The number of halogens is 2. The van der Waals surface area contributed by atoms with E-state index in [-0.39, 0.29) is 11.7 Å². The molecule has 2 rings (SSSR count). The number of carbonyl (C=O) groups is 1. The van der Waals surface area contributed by atoms with Gasteiger partial charge in [-0.3, -0.25) is 4.98 Å². The summed E-state index contributed by atoms with van der Waals surface area (Å²) in [6.07, 6.45) is 1.62. The fraction of sp³-hybridized carbons (Fsp3) is 0.143. The number of nitrogens with one attached hydrogen (secondary N) is 2. The minimum absolute atomic E-state index is 0.0860.